The number of amides is 1. The SMILES string of the molecule is Cc1nc(NC(=O)CC(=O)c2ccccc2)n[nH]1. The van der Waals surface area contributed by atoms with Crippen LogP contribution in [0.4, 0.5) is 5.95 Å². The smallest absolute Gasteiger partial charge is 0.248 e. The molecule has 0 saturated carbocycles. The first-order valence-corrected chi connectivity index (χ1v) is 5.42. The van der Waals surface area contributed by atoms with Gasteiger partial charge in [0.05, 0.1) is 6.42 Å². The fourth-order valence-corrected chi connectivity index (χ4v) is 1.44. The first-order valence-electron chi connectivity index (χ1n) is 5.42. The van der Waals surface area contributed by atoms with Crippen LogP contribution in [-0.4, -0.2) is 26.9 Å². The normalized spacial score (nSPS) is 10.1. The fraction of sp³-hybridized carbons (Fsp3) is 0.167. The molecule has 0 atom stereocenters. The third kappa shape index (κ3) is 3.00. The lowest BCUT2D eigenvalue weighted by atomic mass is 10.1. The maximum Gasteiger partial charge on any atom is 0.248 e. The summed E-state index contributed by atoms with van der Waals surface area (Å²) in [6.45, 7) is 1.72. The van der Waals surface area contributed by atoms with E-state index in [0.717, 1.165) is 0 Å². The Balaban J connectivity index is 1.94. The minimum absolute atomic E-state index is 0.179. The predicted molar refractivity (Wildman–Crippen MR) is 65.1 cm³/mol. The van der Waals surface area contributed by atoms with E-state index in [1.165, 1.54) is 0 Å². The number of carbonyl (C=O) groups is 2. The standard InChI is InChI=1S/C12H12N4O2/c1-8-13-12(16-15-8)14-11(18)7-10(17)9-5-3-2-4-6-9/h2-6H,7H2,1H3,(H2,13,14,15,16,18). The van der Waals surface area contributed by atoms with Crippen LogP contribution in [0, 0.1) is 6.92 Å². The highest BCUT2D eigenvalue weighted by Gasteiger charge is 2.12. The first kappa shape index (κ1) is 12.0. The van der Waals surface area contributed by atoms with Crippen molar-refractivity contribution in [1.29, 1.82) is 0 Å². The number of hydrogen-bond acceptors (Lipinski definition) is 4. The second-order valence-corrected chi connectivity index (χ2v) is 3.76. The Kier molecular flexibility index (Phi) is 3.47. The van der Waals surface area contributed by atoms with Gasteiger partial charge < -0.3 is 0 Å². The Bertz CT molecular complexity index is 562. The molecule has 6 heteroatoms. The molecule has 1 aromatic carbocycles. The quantitative estimate of drug-likeness (QED) is 0.627. The van der Waals surface area contributed by atoms with E-state index < -0.39 is 5.91 Å². The monoisotopic (exact) mass is 244 g/mol. The summed E-state index contributed by atoms with van der Waals surface area (Å²) < 4.78 is 0. The molecule has 0 aliphatic rings. The summed E-state index contributed by atoms with van der Waals surface area (Å²) in [6, 6.07) is 8.67. The zero-order valence-corrected chi connectivity index (χ0v) is 9.80. The molecule has 0 fully saturated rings. The van der Waals surface area contributed by atoms with Crippen molar-refractivity contribution in [3.05, 3.63) is 41.7 Å². The van der Waals surface area contributed by atoms with Crippen LogP contribution < -0.4 is 5.32 Å². The third-order valence-electron chi connectivity index (χ3n) is 2.27. The number of carbonyl (C=O) groups excluding carboxylic acids is 2. The Morgan fingerprint density at radius 3 is 2.61 bits per heavy atom. The summed E-state index contributed by atoms with van der Waals surface area (Å²) in [5.41, 5.74) is 0.513. The largest absolute Gasteiger partial charge is 0.294 e. The van der Waals surface area contributed by atoms with Crippen molar-refractivity contribution in [3.63, 3.8) is 0 Å². The molecule has 2 aromatic rings. The van der Waals surface area contributed by atoms with Crippen LogP contribution >= 0.6 is 0 Å². The summed E-state index contributed by atoms with van der Waals surface area (Å²) in [5, 5.41) is 8.80. The van der Waals surface area contributed by atoms with Gasteiger partial charge in [-0.1, -0.05) is 30.3 Å². The van der Waals surface area contributed by atoms with E-state index in [9.17, 15) is 9.59 Å². The predicted octanol–water partition coefficient (Wildman–Crippen LogP) is 1.32. The second-order valence-electron chi connectivity index (χ2n) is 3.76. The van der Waals surface area contributed by atoms with Gasteiger partial charge in [-0.05, 0) is 6.92 Å². The lowest BCUT2D eigenvalue weighted by molar-refractivity contribution is -0.115. The Labute approximate surface area is 103 Å². The van der Waals surface area contributed by atoms with Crippen molar-refractivity contribution >= 4 is 17.6 Å². The zero-order chi connectivity index (χ0) is 13.0. The minimum atomic E-state index is -0.428. The lowest BCUT2D eigenvalue weighted by Crippen LogP contribution is -2.17. The summed E-state index contributed by atoms with van der Waals surface area (Å²) >= 11 is 0. The molecule has 0 aliphatic carbocycles. The summed E-state index contributed by atoms with van der Waals surface area (Å²) in [5.74, 6) is 0.112. The average molecular weight is 244 g/mol. The number of rotatable bonds is 4. The van der Waals surface area contributed by atoms with Crippen LogP contribution in [0.1, 0.15) is 22.6 Å². The number of aromatic amines is 1. The van der Waals surface area contributed by atoms with Crippen LogP contribution in [0.15, 0.2) is 30.3 Å². The highest BCUT2D eigenvalue weighted by molar-refractivity contribution is 6.10. The van der Waals surface area contributed by atoms with Gasteiger partial charge in [0.25, 0.3) is 0 Å². The fourth-order valence-electron chi connectivity index (χ4n) is 1.44. The maximum absolute atomic E-state index is 11.7. The van der Waals surface area contributed by atoms with E-state index in [0.29, 0.717) is 11.4 Å². The second kappa shape index (κ2) is 5.22. The number of Topliss-reactive ketones (excluding diaryl/α,β-unsaturated/α-hetero) is 1. The first-order chi connectivity index (χ1) is 8.65. The highest BCUT2D eigenvalue weighted by atomic mass is 16.2. The van der Waals surface area contributed by atoms with E-state index >= 15 is 0 Å². The van der Waals surface area contributed by atoms with Crippen molar-refractivity contribution < 1.29 is 9.59 Å². The topological polar surface area (TPSA) is 87.7 Å². The molecular weight excluding hydrogens is 232 g/mol. The number of nitrogens with zero attached hydrogens (tertiary/aromatic N) is 2. The van der Waals surface area contributed by atoms with Gasteiger partial charge in [-0.3, -0.25) is 20.0 Å². The maximum atomic E-state index is 11.7. The Morgan fingerprint density at radius 1 is 1.28 bits per heavy atom. The summed E-state index contributed by atoms with van der Waals surface area (Å²) in [4.78, 5) is 27.2. The van der Waals surface area contributed by atoms with E-state index in [4.69, 9.17) is 0 Å². The molecule has 6 nitrogen and oxygen atoms in total. The number of aryl methyl sites for hydroxylation is 1. The van der Waals surface area contributed by atoms with Crippen LogP contribution in [0.25, 0.3) is 0 Å². The third-order valence-corrected chi connectivity index (χ3v) is 2.27. The molecule has 2 rings (SSSR count). The summed E-state index contributed by atoms with van der Waals surface area (Å²) in [6.07, 6.45) is -0.225. The summed E-state index contributed by atoms with van der Waals surface area (Å²) in [7, 11) is 0. The zero-order valence-electron chi connectivity index (χ0n) is 9.80. The lowest BCUT2D eigenvalue weighted by Gasteiger charge is -2.00. The van der Waals surface area contributed by atoms with Gasteiger partial charge in [0.2, 0.25) is 11.9 Å². The molecule has 92 valence electrons. The van der Waals surface area contributed by atoms with E-state index in [1.54, 1.807) is 31.2 Å². The van der Waals surface area contributed by atoms with Crippen molar-refractivity contribution in [3.8, 4) is 0 Å². The molecule has 0 spiro atoms. The molecule has 0 radical (unpaired) electrons. The van der Waals surface area contributed by atoms with Crippen molar-refractivity contribution in [2.75, 3.05) is 5.32 Å². The van der Waals surface area contributed by atoms with E-state index in [1.807, 2.05) is 6.07 Å². The van der Waals surface area contributed by atoms with Crippen LogP contribution in [0.5, 0.6) is 0 Å². The van der Waals surface area contributed by atoms with Gasteiger partial charge in [0, 0.05) is 5.56 Å². The molecule has 1 aromatic heterocycles. The van der Waals surface area contributed by atoms with Crippen LogP contribution in [-0.2, 0) is 4.79 Å². The van der Waals surface area contributed by atoms with E-state index in [-0.39, 0.29) is 18.2 Å². The van der Waals surface area contributed by atoms with Crippen LogP contribution in [0.3, 0.4) is 0 Å². The molecule has 1 heterocycles. The highest BCUT2D eigenvalue weighted by Crippen LogP contribution is 2.04. The number of nitrogens with one attached hydrogen (secondary N) is 2. The van der Waals surface area contributed by atoms with Gasteiger partial charge >= 0.3 is 0 Å². The molecule has 18 heavy (non-hydrogen) atoms. The molecule has 0 saturated heterocycles. The van der Waals surface area contributed by atoms with E-state index in [2.05, 4.69) is 20.5 Å². The molecule has 0 unspecified atom stereocenters. The number of benzene rings is 1. The van der Waals surface area contributed by atoms with Crippen molar-refractivity contribution in [2.24, 2.45) is 0 Å². The van der Waals surface area contributed by atoms with Gasteiger partial charge in [0.15, 0.2) is 5.78 Å². The number of hydrogen-bond donors (Lipinski definition) is 2. The molecule has 2 N–H and O–H groups in total. The Hall–Kier alpha value is -2.50. The number of H-pyrrole nitrogens is 1. The molecule has 0 bridgehead atoms. The van der Waals surface area contributed by atoms with Gasteiger partial charge in [-0.15, -0.1) is 5.10 Å². The number of ketones is 1. The number of aromatic nitrogens is 3. The molecule has 0 aliphatic heterocycles. The minimum Gasteiger partial charge on any atom is -0.294 e. The van der Waals surface area contributed by atoms with Crippen molar-refractivity contribution in [1.82, 2.24) is 15.2 Å². The van der Waals surface area contributed by atoms with Gasteiger partial charge in [-0.2, -0.15) is 4.98 Å². The molecular formula is C12H12N4O2. The number of anilines is 1. The van der Waals surface area contributed by atoms with Gasteiger partial charge in [0.1, 0.15) is 5.82 Å². The van der Waals surface area contributed by atoms with Crippen LogP contribution in [0.2, 0.25) is 0 Å². The van der Waals surface area contributed by atoms with Gasteiger partial charge in [-0.25, -0.2) is 0 Å². The average Bonchev–Trinajstić information content (AvgIpc) is 2.75. The Morgan fingerprint density at radius 2 is 2.00 bits per heavy atom. The van der Waals surface area contributed by atoms with Crippen molar-refractivity contribution in [2.45, 2.75) is 13.3 Å². The molecule has 1 amide bonds.